The predicted molar refractivity (Wildman–Crippen MR) is 47.4 cm³/mol. The Morgan fingerprint density at radius 1 is 1.33 bits per heavy atom. The van der Waals surface area contributed by atoms with Gasteiger partial charge in [0.1, 0.15) is 5.76 Å². The summed E-state index contributed by atoms with van der Waals surface area (Å²) in [6.07, 6.45) is 0. The molecule has 0 saturated heterocycles. The van der Waals surface area contributed by atoms with Crippen LogP contribution in [0.25, 0.3) is 0 Å². The van der Waals surface area contributed by atoms with Gasteiger partial charge in [0.05, 0.1) is 5.69 Å². The van der Waals surface area contributed by atoms with E-state index >= 15 is 0 Å². The lowest BCUT2D eigenvalue weighted by Crippen LogP contribution is -2.21. The zero-order chi connectivity index (χ0) is 9.52. The number of rotatable bonds is 0. The zero-order valence-corrected chi connectivity index (χ0v) is 8.26. The van der Waals surface area contributed by atoms with Gasteiger partial charge >= 0.3 is 5.76 Å². The van der Waals surface area contributed by atoms with Gasteiger partial charge in [-0.25, -0.2) is 4.79 Å². The summed E-state index contributed by atoms with van der Waals surface area (Å²) in [4.78, 5) is 11.1. The summed E-state index contributed by atoms with van der Waals surface area (Å²) in [5, 5.41) is 0. The van der Waals surface area contributed by atoms with Gasteiger partial charge in [-0.05, 0) is 6.92 Å². The van der Waals surface area contributed by atoms with Crippen LogP contribution in [0.2, 0.25) is 0 Å². The fraction of sp³-hybridized carbons (Fsp3) is 0.667. The Morgan fingerprint density at radius 2 is 1.83 bits per heavy atom. The number of hydrogen-bond donors (Lipinski definition) is 0. The first-order valence-corrected chi connectivity index (χ1v) is 4.01. The van der Waals surface area contributed by atoms with Gasteiger partial charge in [-0.1, -0.05) is 20.8 Å². The van der Waals surface area contributed by atoms with E-state index in [1.165, 1.54) is 0 Å². The van der Waals surface area contributed by atoms with Gasteiger partial charge in [0.2, 0.25) is 0 Å². The molecule has 0 aromatic carbocycles. The highest BCUT2D eigenvalue weighted by Gasteiger charge is 2.23. The maximum absolute atomic E-state index is 11.1. The van der Waals surface area contributed by atoms with Crippen molar-refractivity contribution >= 4 is 0 Å². The molecule has 0 unspecified atom stereocenters. The maximum atomic E-state index is 11.1. The van der Waals surface area contributed by atoms with Crippen molar-refractivity contribution in [3.63, 3.8) is 0 Å². The normalized spacial score (nSPS) is 12.1. The molecule has 0 amide bonds. The van der Waals surface area contributed by atoms with Crippen molar-refractivity contribution in [2.24, 2.45) is 7.05 Å². The second-order valence-corrected chi connectivity index (χ2v) is 4.08. The van der Waals surface area contributed by atoms with E-state index in [1.807, 2.05) is 6.92 Å². The second kappa shape index (κ2) is 2.51. The Kier molecular flexibility index (Phi) is 1.90. The lowest BCUT2D eigenvalue weighted by Gasteiger charge is -2.18. The molecule has 0 spiro atoms. The molecule has 0 aliphatic rings. The van der Waals surface area contributed by atoms with Crippen molar-refractivity contribution in [1.29, 1.82) is 0 Å². The summed E-state index contributed by atoms with van der Waals surface area (Å²) in [6.45, 7) is 8.00. The predicted octanol–water partition coefficient (Wildman–Crippen LogP) is 1.58. The van der Waals surface area contributed by atoms with Crippen LogP contribution in [-0.2, 0) is 12.5 Å². The molecule has 0 radical (unpaired) electrons. The third kappa shape index (κ3) is 1.31. The summed E-state index contributed by atoms with van der Waals surface area (Å²) in [7, 11) is 1.74. The number of hydrogen-bond acceptors (Lipinski definition) is 2. The Bertz CT molecular complexity index is 338. The van der Waals surface area contributed by atoms with E-state index in [0.717, 1.165) is 11.5 Å². The van der Waals surface area contributed by atoms with Gasteiger partial charge in [-0.3, -0.25) is 4.57 Å². The van der Waals surface area contributed by atoms with Gasteiger partial charge in [0.25, 0.3) is 0 Å². The smallest absolute Gasteiger partial charge is 0.413 e. The molecule has 1 aromatic heterocycles. The average Bonchev–Trinajstić information content (AvgIpc) is 2.05. The molecule has 1 heterocycles. The quantitative estimate of drug-likeness (QED) is 0.591. The molecule has 0 fully saturated rings. The topological polar surface area (TPSA) is 35.1 Å². The second-order valence-electron chi connectivity index (χ2n) is 4.08. The van der Waals surface area contributed by atoms with E-state index in [0.29, 0.717) is 0 Å². The highest BCUT2D eigenvalue weighted by Crippen LogP contribution is 2.23. The molecule has 12 heavy (non-hydrogen) atoms. The molecule has 0 aliphatic carbocycles. The Morgan fingerprint density at radius 3 is 2.00 bits per heavy atom. The third-order valence-electron chi connectivity index (χ3n) is 1.89. The van der Waals surface area contributed by atoms with Crippen LogP contribution in [0.1, 0.15) is 32.2 Å². The minimum absolute atomic E-state index is 0.0367. The fourth-order valence-electron chi connectivity index (χ4n) is 1.61. The van der Waals surface area contributed by atoms with Crippen molar-refractivity contribution in [3.8, 4) is 0 Å². The summed E-state index contributed by atoms with van der Waals surface area (Å²) < 4.78 is 6.54. The first-order chi connectivity index (χ1) is 5.34. The Labute approximate surface area is 72.0 Å². The number of oxazole rings is 1. The summed E-state index contributed by atoms with van der Waals surface area (Å²) in [5.41, 5.74) is 0.929. The van der Waals surface area contributed by atoms with Crippen LogP contribution in [0, 0.1) is 6.92 Å². The molecule has 3 heteroatoms. The van der Waals surface area contributed by atoms with E-state index < -0.39 is 0 Å². The van der Waals surface area contributed by atoms with Crippen LogP contribution in [0.3, 0.4) is 0 Å². The Balaban J connectivity index is 3.43. The summed E-state index contributed by atoms with van der Waals surface area (Å²) in [6, 6.07) is 0. The summed E-state index contributed by atoms with van der Waals surface area (Å²) >= 11 is 0. The number of aromatic nitrogens is 1. The third-order valence-corrected chi connectivity index (χ3v) is 1.89. The highest BCUT2D eigenvalue weighted by atomic mass is 16.4. The molecule has 0 N–H and O–H groups in total. The summed E-state index contributed by atoms with van der Waals surface area (Å²) in [5.74, 6) is 0.437. The average molecular weight is 169 g/mol. The van der Waals surface area contributed by atoms with E-state index in [9.17, 15) is 4.79 Å². The molecule has 0 atom stereocenters. The number of nitrogens with zero attached hydrogens (tertiary/aromatic N) is 1. The van der Waals surface area contributed by atoms with Gasteiger partial charge < -0.3 is 4.42 Å². The molecule has 0 aliphatic heterocycles. The van der Waals surface area contributed by atoms with Crippen molar-refractivity contribution in [2.75, 3.05) is 0 Å². The fourth-order valence-corrected chi connectivity index (χ4v) is 1.61. The maximum Gasteiger partial charge on any atom is 0.419 e. The first kappa shape index (κ1) is 9.10. The highest BCUT2D eigenvalue weighted by molar-refractivity contribution is 5.16. The van der Waals surface area contributed by atoms with E-state index in [-0.39, 0.29) is 11.2 Å². The molecular formula is C9H15NO2. The van der Waals surface area contributed by atoms with Crippen molar-refractivity contribution in [2.45, 2.75) is 33.1 Å². The van der Waals surface area contributed by atoms with Crippen LogP contribution < -0.4 is 5.76 Å². The molecule has 0 bridgehead atoms. The van der Waals surface area contributed by atoms with Crippen LogP contribution in [-0.4, -0.2) is 4.57 Å². The molecule has 68 valence electrons. The lowest BCUT2D eigenvalue weighted by atomic mass is 9.91. The van der Waals surface area contributed by atoms with E-state index in [1.54, 1.807) is 11.6 Å². The van der Waals surface area contributed by atoms with Gasteiger partial charge in [-0.2, -0.15) is 0 Å². The molecule has 3 nitrogen and oxygen atoms in total. The number of aryl methyl sites for hydroxylation is 1. The van der Waals surface area contributed by atoms with Crippen LogP contribution in [0.5, 0.6) is 0 Å². The largest absolute Gasteiger partial charge is 0.419 e. The van der Waals surface area contributed by atoms with Crippen LogP contribution in [0.15, 0.2) is 9.21 Å². The van der Waals surface area contributed by atoms with Crippen molar-refractivity contribution in [3.05, 3.63) is 22.0 Å². The lowest BCUT2D eigenvalue weighted by molar-refractivity contribution is 0.471. The van der Waals surface area contributed by atoms with Gasteiger partial charge in [-0.15, -0.1) is 0 Å². The first-order valence-electron chi connectivity index (χ1n) is 4.01. The van der Waals surface area contributed by atoms with Crippen LogP contribution >= 0.6 is 0 Å². The monoisotopic (exact) mass is 169 g/mol. The minimum Gasteiger partial charge on any atom is -0.413 e. The van der Waals surface area contributed by atoms with Crippen molar-refractivity contribution < 1.29 is 4.42 Å². The van der Waals surface area contributed by atoms with Gasteiger partial charge in [0.15, 0.2) is 0 Å². The Hall–Kier alpha value is -0.990. The van der Waals surface area contributed by atoms with E-state index in [4.69, 9.17) is 4.42 Å². The molecular weight excluding hydrogens is 154 g/mol. The van der Waals surface area contributed by atoms with Crippen LogP contribution in [0.4, 0.5) is 0 Å². The van der Waals surface area contributed by atoms with Gasteiger partial charge in [0, 0.05) is 12.5 Å². The molecule has 1 aromatic rings. The van der Waals surface area contributed by atoms with E-state index in [2.05, 4.69) is 20.8 Å². The molecule has 1 rings (SSSR count). The zero-order valence-electron chi connectivity index (χ0n) is 8.26. The van der Waals surface area contributed by atoms with Crippen molar-refractivity contribution in [1.82, 2.24) is 4.57 Å². The molecule has 0 saturated carbocycles. The minimum atomic E-state index is -0.280. The standard InChI is InChI=1S/C9H15NO2/c1-6-7(9(2,3)4)10(5)8(11)12-6/h1-5H3. The SMILES string of the molecule is Cc1oc(=O)n(C)c1C(C)(C)C.